The molecule has 3 rings (SSSR count). The highest BCUT2D eigenvalue weighted by Crippen LogP contribution is 2.40. The molecule has 0 aliphatic carbocycles. The van der Waals surface area contributed by atoms with Crippen molar-refractivity contribution in [1.29, 1.82) is 0 Å². The van der Waals surface area contributed by atoms with Gasteiger partial charge in [-0.15, -0.1) is 0 Å². The zero-order chi connectivity index (χ0) is 17.1. The average Bonchev–Trinajstić information content (AvgIpc) is 3.18. The van der Waals surface area contributed by atoms with Crippen LogP contribution in [0.3, 0.4) is 0 Å². The first-order chi connectivity index (χ1) is 11.6. The number of rotatable bonds is 6. The van der Waals surface area contributed by atoms with E-state index >= 15 is 0 Å². The van der Waals surface area contributed by atoms with Crippen LogP contribution in [0.1, 0.15) is 41.4 Å². The number of carbonyl (C=O) groups excluding carboxylic acids is 1. The summed E-state index contributed by atoms with van der Waals surface area (Å²) in [7, 11) is 1.99. The van der Waals surface area contributed by atoms with Gasteiger partial charge in [0.15, 0.2) is 5.76 Å². The molecule has 1 N–H and O–H groups in total. The van der Waals surface area contributed by atoms with Gasteiger partial charge in [-0.2, -0.15) is 0 Å². The number of furan rings is 1. The van der Waals surface area contributed by atoms with Crippen LogP contribution in [0.15, 0.2) is 40.7 Å². The van der Waals surface area contributed by atoms with Crippen LogP contribution in [0.4, 0.5) is 0 Å². The number of ketones is 1. The third-order valence-corrected chi connectivity index (χ3v) is 4.05. The summed E-state index contributed by atoms with van der Waals surface area (Å²) in [6.07, 6.45) is 5.30. The number of unbranched alkanes of at least 4 members (excludes halogenated alkanes) is 1. The number of Topliss-reactive ketones (excluding diaryl/α,β-unsaturated/α-hetero) is 1. The van der Waals surface area contributed by atoms with Crippen molar-refractivity contribution < 1.29 is 19.1 Å². The molecule has 5 heteroatoms. The van der Waals surface area contributed by atoms with Crippen LogP contribution in [0, 0.1) is 0 Å². The summed E-state index contributed by atoms with van der Waals surface area (Å²) in [5, 5.41) is 10.2. The number of nitrogens with zero attached hydrogens (tertiary/aromatic N) is 1. The second-order valence-electron chi connectivity index (χ2n) is 5.99. The molecule has 0 saturated heterocycles. The Bertz CT molecular complexity index is 762. The second kappa shape index (κ2) is 6.93. The number of phenolic OH excluding ortho intramolecular Hbond substituents is 1. The molecule has 1 aromatic carbocycles. The number of hydrogen-bond acceptors (Lipinski definition) is 5. The zero-order valence-corrected chi connectivity index (χ0v) is 13.9. The van der Waals surface area contributed by atoms with E-state index in [4.69, 9.17) is 9.15 Å². The molecule has 2 heterocycles. The number of ether oxygens (including phenoxy) is 1. The molecule has 126 valence electrons. The van der Waals surface area contributed by atoms with Gasteiger partial charge in [0.05, 0.1) is 17.4 Å². The van der Waals surface area contributed by atoms with E-state index in [1.807, 2.05) is 7.05 Å². The van der Waals surface area contributed by atoms with Crippen LogP contribution < -0.4 is 4.74 Å². The summed E-state index contributed by atoms with van der Waals surface area (Å²) in [5.74, 6) is 1.16. The highest BCUT2D eigenvalue weighted by molar-refractivity contribution is 6.14. The molecule has 0 spiro atoms. The number of allylic oxidation sites excluding steroid dienone is 1. The number of benzene rings is 1. The maximum atomic E-state index is 12.5. The summed E-state index contributed by atoms with van der Waals surface area (Å²) in [4.78, 5) is 14.6. The fraction of sp³-hybridized carbons (Fsp3) is 0.316. The minimum atomic E-state index is -0.195. The predicted molar refractivity (Wildman–Crippen MR) is 91.0 cm³/mol. The van der Waals surface area contributed by atoms with E-state index in [1.54, 1.807) is 36.6 Å². The van der Waals surface area contributed by atoms with Crippen molar-refractivity contribution in [2.75, 3.05) is 13.6 Å². The smallest absolute Gasteiger partial charge is 0.232 e. The molecule has 0 atom stereocenters. The minimum absolute atomic E-state index is 0.143. The van der Waals surface area contributed by atoms with Gasteiger partial charge in [-0.3, -0.25) is 4.79 Å². The number of hydrogen-bond donors (Lipinski definition) is 1. The normalized spacial score (nSPS) is 15.1. The molecule has 0 radical (unpaired) electrons. The van der Waals surface area contributed by atoms with Crippen LogP contribution in [-0.4, -0.2) is 29.4 Å². The van der Waals surface area contributed by atoms with E-state index in [0.29, 0.717) is 29.2 Å². The predicted octanol–water partition coefficient (Wildman–Crippen LogP) is 3.83. The lowest BCUT2D eigenvalue weighted by molar-refractivity contribution is 0.101. The van der Waals surface area contributed by atoms with Gasteiger partial charge in [-0.05, 0) is 44.3 Å². The first-order valence-corrected chi connectivity index (χ1v) is 8.11. The second-order valence-corrected chi connectivity index (χ2v) is 5.99. The lowest BCUT2D eigenvalue weighted by Crippen LogP contribution is -2.19. The largest absolute Gasteiger partial charge is 0.507 e. The fourth-order valence-corrected chi connectivity index (χ4v) is 2.73. The lowest BCUT2D eigenvalue weighted by atomic mass is 10.0. The van der Waals surface area contributed by atoms with Crippen LogP contribution in [0.2, 0.25) is 0 Å². The van der Waals surface area contributed by atoms with E-state index in [-0.39, 0.29) is 17.3 Å². The molecule has 1 aliphatic heterocycles. The van der Waals surface area contributed by atoms with E-state index in [0.717, 1.165) is 19.4 Å². The summed E-state index contributed by atoms with van der Waals surface area (Å²) in [5.41, 5.74) is 1.12. The van der Waals surface area contributed by atoms with E-state index in [2.05, 4.69) is 11.8 Å². The zero-order valence-electron chi connectivity index (χ0n) is 13.9. The number of carbonyl (C=O) groups is 1. The van der Waals surface area contributed by atoms with Crippen LogP contribution in [-0.2, 0) is 6.54 Å². The molecular formula is C19H21NO4. The van der Waals surface area contributed by atoms with Gasteiger partial charge in [0.25, 0.3) is 0 Å². The molecule has 1 aliphatic rings. The minimum Gasteiger partial charge on any atom is -0.507 e. The van der Waals surface area contributed by atoms with Crippen LogP contribution in [0.25, 0.3) is 6.08 Å². The Morgan fingerprint density at radius 1 is 1.29 bits per heavy atom. The first kappa shape index (κ1) is 16.3. The molecule has 1 aromatic heterocycles. The molecule has 24 heavy (non-hydrogen) atoms. The molecule has 0 fully saturated rings. The Hall–Kier alpha value is -2.53. The standard InChI is InChI=1S/C19H21NO4/c1-3-4-9-20(2)12-15-16(21)8-7-14-18(22)17(24-19(14)15)11-13-6-5-10-23-13/h5-8,10-11,21H,3-4,9,12H2,1-2H3. The van der Waals surface area contributed by atoms with Crippen molar-refractivity contribution in [3.8, 4) is 11.5 Å². The Balaban J connectivity index is 1.89. The fourth-order valence-electron chi connectivity index (χ4n) is 2.73. The summed E-state index contributed by atoms with van der Waals surface area (Å²) < 4.78 is 11.0. The highest BCUT2D eigenvalue weighted by Gasteiger charge is 2.31. The van der Waals surface area contributed by atoms with Crippen molar-refractivity contribution in [3.05, 3.63) is 53.2 Å². The molecule has 5 nitrogen and oxygen atoms in total. The summed E-state index contributed by atoms with van der Waals surface area (Å²) in [6.45, 7) is 3.58. The Morgan fingerprint density at radius 2 is 2.12 bits per heavy atom. The topological polar surface area (TPSA) is 62.9 Å². The average molecular weight is 327 g/mol. The maximum absolute atomic E-state index is 12.5. The quantitative estimate of drug-likeness (QED) is 0.817. The van der Waals surface area contributed by atoms with Gasteiger partial charge < -0.3 is 19.2 Å². The van der Waals surface area contributed by atoms with Crippen molar-refractivity contribution in [3.63, 3.8) is 0 Å². The first-order valence-electron chi connectivity index (χ1n) is 8.11. The molecule has 0 amide bonds. The van der Waals surface area contributed by atoms with Gasteiger partial charge in [-0.25, -0.2) is 0 Å². The van der Waals surface area contributed by atoms with Gasteiger partial charge >= 0.3 is 0 Å². The Labute approximate surface area is 141 Å². The van der Waals surface area contributed by atoms with Gasteiger partial charge in [0, 0.05) is 12.6 Å². The third-order valence-electron chi connectivity index (χ3n) is 4.05. The Morgan fingerprint density at radius 3 is 2.83 bits per heavy atom. The number of fused-ring (bicyclic) bond motifs is 1. The molecule has 0 saturated carbocycles. The molecule has 2 aromatic rings. The van der Waals surface area contributed by atoms with Gasteiger partial charge in [0.1, 0.15) is 17.3 Å². The van der Waals surface area contributed by atoms with Crippen molar-refractivity contribution >= 4 is 11.9 Å². The Kier molecular flexibility index (Phi) is 4.71. The van der Waals surface area contributed by atoms with Crippen molar-refractivity contribution in [2.45, 2.75) is 26.3 Å². The SMILES string of the molecule is CCCCN(C)Cc1c(O)ccc2c1OC(=Cc1ccco1)C2=O. The molecule has 0 bridgehead atoms. The van der Waals surface area contributed by atoms with E-state index in [9.17, 15) is 9.90 Å². The highest BCUT2D eigenvalue weighted by atomic mass is 16.5. The van der Waals surface area contributed by atoms with Crippen LogP contribution >= 0.6 is 0 Å². The summed E-state index contributed by atoms with van der Waals surface area (Å²) in [6, 6.07) is 6.66. The van der Waals surface area contributed by atoms with Gasteiger partial charge in [0.2, 0.25) is 5.78 Å². The molecular weight excluding hydrogens is 306 g/mol. The monoisotopic (exact) mass is 327 g/mol. The van der Waals surface area contributed by atoms with E-state index in [1.165, 1.54) is 0 Å². The van der Waals surface area contributed by atoms with Crippen molar-refractivity contribution in [1.82, 2.24) is 4.90 Å². The van der Waals surface area contributed by atoms with E-state index < -0.39 is 0 Å². The van der Waals surface area contributed by atoms with Crippen LogP contribution in [0.5, 0.6) is 11.5 Å². The lowest BCUT2D eigenvalue weighted by Gasteiger charge is -2.18. The maximum Gasteiger partial charge on any atom is 0.232 e. The third kappa shape index (κ3) is 3.21. The molecule has 0 unspecified atom stereocenters. The number of phenols is 1. The van der Waals surface area contributed by atoms with Gasteiger partial charge in [-0.1, -0.05) is 13.3 Å². The van der Waals surface area contributed by atoms with Crippen molar-refractivity contribution in [2.24, 2.45) is 0 Å². The number of aromatic hydroxyl groups is 1. The summed E-state index contributed by atoms with van der Waals surface area (Å²) >= 11 is 0.